The average Bonchev–Trinajstić information content (AvgIpc) is 2.89. The molecule has 0 unspecified atom stereocenters. The van der Waals surface area contributed by atoms with Crippen LogP contribution in [0.1, 0.15) is 38.8 Å². The summed E-state index contributed by atoms with van der Waals surface area (Å²) in [6, 6.07) is 24.2. The normalized spacial score (nSPS) is 13.3. The first-order valence-corrected chi connectivity index (χ1v) is 13.7. The van der Waals surface area contributed by atoms with Crippen LogP contribution >= 0.6 is 25.3 Å². The SMILES string of the molecule is CC(C)(S)[C@H](N)C(=O)Nc1ccc(CN(Cc2ccc(NC(=O)[C@@H](N)C(C)(C)S)cc2)c2ccccc2)cc1. The largest absolute Gasteiger partial charge is 0.363 e. The fourth-order valence-electron chi connectivity index (χ4n) is 3.79. The van der Waals surface area contributed by atoms with E-state index in [1.807, 2.05) is 94.4 Å². The summed E-state index contributed by atoms with van der Waals surface area (Å²) in [5.41, 5.74) is 16.6. The molecule has 0 aliphatic heterocycles. The Hall–Kier alpha value is -2.98. The van der Waals surface area contributed by atoms with Crippen LogP contribution in [0.5, 0.6) is 0 Å². The predicted molar refractivity (Wildman–Crippen MR) is 169 cm³/mol. The molecule has 0 radical (unpaired) electrons. The van der Waals surface area contributed by atoms with E-state index < -0.39 is 21.6 Å². The number of para-hydroxylation sites is 1. The highest BCUT2D eigenvalue weighted by Crippen LogP contribution is 2.23. The summed E-state index contributed by atoms with van der Waals surface area (Å²) in [5.74, 6) is -0.547. The Morgan fingerprint density at radius 3 is 1.38 bits per heavy atom. The van der Waals surface area contributed by atoms with Gasteiger partial charge in [-0.25, -0.2) is 0 Å². The molecule has 0 aliphatic rings. The Morgan fingerprint density at radius 1 is 0.692 bits per heavy atom. The maximum absolute atomic E-state index is 12.4. The van der Waals surface area contributed by atoms with Crippen molar-refractivity contribution in [2.45, 2.75) is 62.4 Å². The van der Waals surface area contributed by atoms with E-state index in [0.717, 1.165) is 16.8 Å². The van der Waals surface area contributed by atoms with E-state index >= 15 is 0 Å². The summed E-state index contributed by atoms with van der Waals surface area (Å²) in [4.78, 5) is 27.2. The number of carbonyl (C=O) groups is 2. The Bertz CT molecular complexity index is 1160. The molecule has 3 aromatic rings. The van der Waals surface area contributed by atoms with E-state index in [1.165, 1.54) is 0 Å². The monoisotopic (exact) mass is 565 g/mol. The van der Waals surface area contributed by atoms with Gasteiger partial charge in [-0.2, -0.15) is 25.3 Å². The number of nitrogens with one attached hydrogen (secondary N) is 2. The quantitative estimate of drug-likeness (QED) is 0.186. The Morgan fingerprint density at radius 2 is 1.05 bits per heavy atom. The second-order valence-electron chi connectivity index (χ2n) is 10.8. The van der Waals surface area contributed by atoms with Crippen LogP contribution in [0.15, 0.2) is 78.9 Å². The number of nitrogens with two attached hydrogens (primary N) is 2. The minimum absolute atomic E-state index is 0.274. The van der Waals surface area contributed by atoms with Crippen LogP contribution in [0.3, 0.4) is 0 Å². The zero-order chi connectivity index (χ0) is 28.8. The van der Waals surface area contributed by atoms with E-state index in [1.54, 1.807) is 0 Å². The number of amides is 2. The maximum atomic E-state index is 12.4. The van der Waals surface area contributed by atoms with E-state index in [9.17, 15) is 9.59 Å². The predicted octanol–water partition coefficient (Wildman–Crippen LogP) is 4.84. The molecule has 0 spiro atoms. The van der Waals surface area contributed by atoms with Crippen molar-refractivity contribution in [1.82, 2.24) is 0 Å². The minimum atomic E-state index is -0.736. The lowest BCUT2D eigenvalue weighted by atomic mass is 10.0. The van der Waals surface area contributed by atoms with Gasteiger partial charge in [0.05, 0.1) is 12.1 Å². The summed E-state index contributed by atoms with van der Waals surface area (Å²) >= 11 is 8.81. The van der Waals surface area contributed by atoms with E-state index in [4.69, 9.17) is 11.5 Å². The first-order chi connectivity index (χ1) is 18.2. The highest BCUT2D eigenvalue weighted by Gasteiger charge is 2.29. The van der Waals surface area contributed by atoms with Gasteiger partial charge in [-0.1, -0.05) is 42.5 Å². The molecule has 7 nitrogen and oxygen atoms in total. The zero-order valence-electron chi connectivity index (χ0n) is 22.9. The van der Waals surface area contributed by atoms with Crippen molar-refractivity contribution >= 4 is 54.1 Å². The van der Waals surface area contributed by atoms with Crippen LogP contribution in [0, 0.1) is 0 Å². The number of nitrogens with zero attached hydrogens (tertiary/aromatic N) is 1. The van der Waals surface area contributed by atoms with Crippen LogP contribution < -0.4 is 27.0 Å². The van der Waals surface area contributed by atoms with Crippen molar-refractivity contribution in [3.8, 4) is 0 Å². The van der Waals surface area contributed by atoms with Crippen LogP contribution in [-0.2, 0) is 22.7 Å². The van der Waals surface area contributed by atoms with Gasteiger partial charge in [-0.3, -0.25) is 9.59 Å². The van der Waals surface area contributed by atoms with E-state index in [2.05, 4.69) is 52.9 Å². The Labute approximate surface area is 242 Å². The lowest BCUT2D eigenvalue weighted by Gasteiger charge is -2.26. The van der Waals surface area contributed by atoms with Crippen LogP contribution in [0.25, 0.3) is 0 Å². The number of carbonyl (C=O) groups excluding carboxylic acids is 2. The molecule has 0 fully saturated rings. The number of anilines is 3. The van der Waals surface area contributed by atoms with Gasteiger partial charge in [0.1, 0.15) is 0 Å². The molecular formula is C30H39N5O2S2. The molecule has 0 saturated carbocycles. The van der Waals surface area contributed by atoms with Crippen molar-refractivity contribution in [1.29, 1.82) is 0 Å². The summed E-state index contributed by atoms with van der Waals surface area (Å²) in [6.45, 7) is 8.56. The van der Waals surface area contributed by atoms with Crippen molar-refractivity contribution in [2.75, 3.05) is 15.5 Å². The molecule has 0 bridgehead atoms. The molecule has 0 saturated heterocycles. The first kappa shape index (κ1) is 30.6. The fraction of sp³-hybridized carbons (Fsp3) is 0.333. The maximum Gasteiger partial charge on any atom is 0.242 e. The van der Waals surface area contributed by atoms with Gasteiger partial charge < -0.3 is 27.0 Å². The molecular weight excluding hydrogens is 526 g/mol. The smallest absolute Gasteiger partial charge is 0.242 e. The molecule has 0 heterocycles. The Kier molecular flexibility index (Phi) is 10.1. The van der Waals surface area contributed by atoms with E-state index in [0.29, 0.717) is 24.5 Å². The second-order valence-corrected chi connectivity index (χ2v) is 13.1. The fourth-order valence-corrected chi connectivity index (χ4v) is 4.02. The number of hydrogen-bond donors (Lipinski definition) is 6. The molecule has 3 aromatic carbocycles. The molecule has 39 heavy (non-hydrogen) atoms. The lowest BCUT2D eigenvalue weighted by Crippen LogP contribution is -2.48. The number of thiol groups is 2. The number of benzene rings is 3. The van der Waals surface area contributed by atoms with Crippen molar-refractivity contribution in [2.24, 2.45) is 11.5 Å². The third kappa shape index (κ3) is 9.03. The second kappa shape index (κ2) is 12.9. The molecule has 2 atom stereocenters. The van der Waals surface area contributed by atoms with Gasteiger partial charge in [0.25, 0.3) is 0 Å². The first-order valence-electron chi connectivity index (χ1n) is 12.8. The van der Waals surface area contributed by atoms with Gasteiger partial charge in [0.15, 0.2) is 0 Å². The standard InChI is InChI=1S/C30H39N5O2S2/c1-29(2,38)25(31)27(36)33-22-14-10-20(11-15-22)18-35(24-8-6-5-7-9-24)19-21-12-16-23(17-13-21)34-28(37)26(32)30(3,4)39/h5-17,25-26,38-39H,18-19,31-32H2,1-4H3,(H,33,36)(H,34,37)/t25-,26-/m1/s1. The molecule has 6 N–H and O–H groups in total. The number of hydrogen-bond acceptors (Lipinski definition) is 7. The van der Waals surface area contributed by atoms with Crippen molar-refractivity contribution in [3.63, 3.8) is 0 Å². The van der Waals surface area contributed by atoms with Crippen molar-refractivity contribution < 1.29 is 9.59 Å². The lowest BCUT2D eigenvalue weighted by molar-refractivity contribution is -0.118. The molecule has 9 heteroatoms. The van der Waals surface area contributed by atoms with Gasteiger partial charge >= 0.3 is 0 Å². The summed E-state index contributed by atoms with van der Waals surface area (Å²) < 4.78 is -1.25. The summed E-state index contributed by atoms with van der Waals surface area (Å²) in [7, 11) is 0. The summed E-state index contributed by atoms with van der Waals surface area (Å²) in [6.07, 6.45) is 0. The third-order valence-corrected chi connectivity index (χ3v) is 6.95. The Balaban J connectivity index is 1.70. The van der Waals surface area contributed by atoms with Gasteiger partial charge in [0.2, 0.25) is 11.8 Å². The van der Waals surface area contributed by atoms with Gasteiger partial charge in [-0.15, -0.1) is 0 Å². The minimum Gasteiger partial charge on any atom is -0.363 e. The van der Waals surface area contributed by atoms with Crippen LogP contribution in [0.2, 0.25) is 0 Å². The topological polar surface area (TPSA) is 113 Å². The van der Waals surface area contributed by atoms with Crippen LogP contribution in [0.4, 0.5) is 17.1 Å². The molecule has 2 amide bonds. The number of rotatable bonds is 11. The third-order valence-electron chi connectivity index (χ3n) is 6.40. The molecule has 0 aromatic heterocycles. The highest BCUT2D eigenvalue weighted by atomic mass is 32.1. The average molecular weight is 566 g/mol. The zero-order valence-corrected chi connectivity index (χ0v) is 24.7. The van der Waals surface area contributed by atoms with Crippen LogP contribution in [-0.4, -0.2) is 33.4 Å². The molecule has 0 aliphatic carbocycles. The molecule has 208 valence electrons. The van der Waals surface area contributed by atoms with Gasteiger partial charge in [0, 0.05) is 39.6 Å². The highest BCUT2D eigenvalue weighted by molar-refractivity contribution is 7.82. The molecule has 3 rings (SSSR count). The van der Waals surface area contributed by atoms with Gasteiger partial charge in [-0.05, 0) is 75.2 Å². The van der Waals surface area contributed by atoms with E-state index in [-0.39, 0.29) is 11.8 Å². The van der Waals surface area contributed by atoms with Crippen molar-refractivity contribution in [3.05, 3.63) is 90.0 Å². The summed E-state index contributed by atoms with van der Waals surface area (Å²) in [5, 5.41) is 5.73.